The van der Waals surface area contributed by atoms with Crippen molar-refractivity contribution in [3.8, 4) is 0 Å². The zero-order valence-corrected chi connectivity index (χ0v) is 6.65. The quantitative estimate of drug-likeness (QED) is 0.602. The van der Waals surface area contributed by atoms with Crippen LogP contribution in [0.2, 0.25) is 0 Å². The highest BCUT2D eigenvalue weighted by Crippen LogP contribution is 2.07. The lowest BCUT2D eigenvalue weighted by molar-refractivity contribution is 0.0690. The van der Waals surface area contributed by atoms with Gasteiger partial charge in [0.05, 0.1) is 0 Å². The zero-order valence-electron chi connectivity index (χ0n) is 6.65. The number of carbonyl (C=O) groups is 1. The van der Waals surface area contributed by atoms with Gasteiger partial charge in [-0.15, -0.1) is 0 Å². The van der Waals surface area contributed by atoms with Gasteiger partial charge in [0, 0.05) is 19.2 Å². The molecule has 0 saturated heterocycles. The average molecular weight is 181 g/mol. The number of fused-ring (bicyclic) bond motifs is 1. The molecule has 2 rings (SSSR count). The summed E-state index contributed by atoms with van der Waals surface area (Å²) in [4.78, 5) is 25.5. The van der Waals surface area contributed by atoms with Crippen LogP contribution in [0.25, 0.3) is 0 Å². The molecule has 6 heteroatoms. The molecule has 68 valence electrons. The van der Waals surface area contributed by atoms with E-state index in [0.717, 1.165) is 6.07 Å². The molecule has 2 heterocycles. The molecule has 2 N–H and O–H groups in total. The van der Waals surface area contributed by atoms with Crippen molar-refractivity contribution in [2.75, 3.05) is 11.9 Å². The van der Waals surface area contributed by atoms with E-state index in [4.69, 9.17) is 5.11 Å². The topological polar surface area (TPSA) is 84.2 Å². The molecule has 0 fully saturated rings. The Morgan fingerprint density at radius 1 is 1.69 bits per heavy atom. The summed E-state index contributed by atoms with van der Waals surface area (Å²) in [5, 5.41) is 11.4. The van der Waals surface area contributed by atoms with Crippen LogP contribution in [0.1, 0.15) is 10.5 Å². The normalized spacial score (nSPS) is 13.5. The Labute approximate surface area is 72.8 Å². The van der Waals surface area contributed by atoms with Crippen molar-refractivity contribution in [2.45, 2.75) is 6.54 Å². The fourth-order valence-electron chi connectivity index (χ4n) is 1.25. The first kappa shape index (κ1) is 7.78. The lowest BCUT2D eigenvalue weighted by atomic mass is 10.4. The second-order valence-electron chi connectivity index (χ2n) is 2.69. The predicted molar refractivity (Wildman–Crippen MR) is 43.9 cm³/mol. The molecule has 0 radical (unpaired) electrons. The highest BCUT2D eigenvalue weighted by atomic mass is 16.4. The van der Waals surface area contributed by atoms with Crippen LogP contribution in [0.4, 0.5) is 5.95 Å². The maximum absolute atomic E-state index is 11.3. The smallest absolute Gasteiger partial charge is 0.354 e. The van der Waals surface area contributed by atoms with Crippen molar-refractivity contribution in [3.05, 3.63) is 22.1 Å². The van der Waals surface area contributed by atoms with E-state index in [9.17, 15) is 9.59 Å². The van der Waals surface area contributed by atoms with Gasteiger partial charge in [-0.25, -0.2) is 9.78 Å². The average Bonchev–Trinajstić information content (AvgIpc) is 2.51. The first-order chi connectivity index (χ1) is 6.18. The molecular weight excluding hydrogens is 174 g/mol. The van der Waals surface area contributed by atoms with Crippen LogP contribution >= 0.6 is 0 Å². The number of carboxylic acids is 1. The van der Waals surface area contributed by atoms with Gasteiger partial charge in [0.25, 0.3) is 5.56 Å². The first-order valence-electron chi connectivity index (χ1n) is 3.77. The molecule has 1 aromatic rings. The van der Waals surface area contributed by atoms with Gasteiger partial charge in [0.1, 0.15) is 0 Å². The molecule has 0 unspecified atom stereocenters. The van der Waals surface area contributed by atoms with E-state index >= 15 is 0 Å². The number of nitrogens with one attached hydrogen (secondary N) is 1. The van der Waals surface area contributed by atoms with Gasteiger partial charge in [0.15, 0.2) is 5.69 Å². The lowest BCUT2D eigenvalue weighted by Gasteiger charge is -2.00. The minimum absolute atomic E-state index is 0.217. The van der Waals surface area contributed by atoms with Crippen LogP contribution in [-0.2, 0) is 6.54 Å². The molecule has 0 bridgehead atoms. The predicted octanol–water partition coefficient (Wildman–Crippen LogP) is -0.633. The van der Waals surface area contributed by atoms with E-state index in [0.29, 0.717) is 19.0 Å². The fourth-order valence-corrected chi connectivity index (χ4v) is 1.25. The Morgan fingerprint density at radius 2 is 2.46 bits per heavy atom. The van der Waals surface area contributed by atoms with Crippen molar-refractivity contribution in [1.29, 1.82) is 0 Å². The summed E-state index contributed by atoms with van der Waals surface area (Å²) in [6.07, 6.45) is 0. The molecule has 0 atom stereocenters. The molecule has 1 aliphatic rings. The van der Waals surface area contributed by atoms with Crippen LogP contribution in [0.5, 0.6) is 0 Å². The highest BCUT2D eigenvalue weighted by molar-refractivity contribution is 5.85. The maximum atomic E-state index is 11.3. The van der Waals surface area contributed by atoms with Crippen LogP contribution in [0, 0.1) is 0 Å². The third-order valence-electron chi connectivity index (χ3n) is 1.85. The number of aromatic nitrogens is 2. The molecule has 1 aromatic heterocycles. The Hall–Kier alpha value is -1.85. The highest BCUT2D eigenvalue weighted by Gasteiger charge is 2.16. The Kier molecular flexibility index (Phi) is 1.54. The number of hydrogen-bond donors (Lipinski definition) is 2. The Bertz CT molecular complexity index is 423. The van der Waals surface area contributed by atoms with Gasteiger partial charge in [-0.1, -0.05) is 0 Å². The Balaban J connectivity index is 2.62. The number of nitrogens with zero attached hydrogens (tertiary/aromatic N) is 2. The van der Waals surface area contributed by atoms with E-state index in [1.807, 2.05) is 0 Å². The number of anilines is 1. The summed E-state index contributed by atoms with van der Waals surface area (Å²) in [5.41, 5.74) is -0.543. The largest absolute Gasteiger partial charge is 0.477 e. The third-order valence-corrected chi connectivity index (χ3v) is 1.85. The van der Waals surface area contributed by atoms with E-state index in [1.54, 1.807) is 0 Å². The monoisotopic (exact) mass is 181 g/mol. The van der Waals surface area contributed by atoms with Gasteiger partial charge < -0.3 is 10.4 Å². The maximum Gasteiger partial charge on any atom is 0.354 e. The molecule has 0 amide bonds. The van der Waals surface area contributed by atoms with E-state index in [1.165, 1.54) is 4.57 Å². The van der Waals surface area contributed by atoms with Crippen molar-refractivity contribution >= 4 is 11.9 Å². The van der Waals surface area contributed by atoms with Crippen LogP contribution in [-0.4, -0.2) is 27.2 Å². The fraction of sp³-hybridized carbons (Fsp3) is 0.286. The minimum atomic E-state index is -1.19. The standard InChI is InChI=1S/C7H7N3O3/c11-5-3-4(6(12)13)9-7-8-1-2-10(5)7/h3H,1-2H2,(H,8,9)(H,12,13). The molecule has 1 aliphatic heterocycles. The summed E-state index contributed by atoms with van der Waals surface area (Å²) >= 11 is 0. The number of rotatable bonds is 1. The van der Waals surface area contributed by atoms with Gasteiger partial charge in [-0.05, 0) is 0 Å². The number of carboxylic acid groups (broad SMARTS) is 1. The molecule has 6 nitrogen and oxygen atoms in total. The second-order valence-corrected chi connectivity index (χ2v) is 2.69. The molecule has 13 heavy (non-hydrogen) atoms. The number of aromatic carboxylic acids is 1. The van der Waals surface area contributed by atoms with E-state index in [2.05, 4.69) is 10.3 Å². The molecule has 0 aromatic carbocycles. The SMILES string of the molecule is O=C(O)c1cc(=O)n2c(n1)NCC2. The minimum Gasteiger partial charge on any atom is -0.477 e. The zero-order chi connectivity index (χ0) is 9.42. The van der Waals surface area contributed by atoms with Crippen LogP contribution in [0.3, 0.4) is 0 Å². The van der Waals surface area contributed by atoms with Crippen molar-refractivity contribution < 1.29 is 9.90 Å². The Morgan fingerprint density at radius 3 is 3.15 bits per heavy atom. The van der Waals surface area contributed by atoms with Crippen molar-refractivity contribution in [3.63, 3.8) is 0 Å². The van der Waals surface area contributed by atoms with Gasteiger partial charge in [0.2, 0.25) is 5.95 Å². The van der Waals surface area contributed by atoms with Crippen molar-refractivity contribution in [1.82, 2.24) is 9.55 Å². The van der Waals surface area contributed by atoms with Gasteiger partial charge in [-0.2, -0.15) is 0 Å². The molecule has 0 spiro atoms. The summed E-state index contributed by atoms with van der Waals surface area (Å²) in [6.45, 7) is 1.16. The van der Waals surface area contributed by atoms with E-state index in [-0.39, 0.29) is 11.3 Å². The van der Waals surface area contributed by atoms with Gasteiger partial charge in [-0.3, -0.25) is 9.36 Å². The molecule has 0 aliphatic carbocycles. The molecule has 0 saturated carbocycles. The lowest BCUT2D eigenvalue weighted by Crippen LogP contribution is -2.20. The summed E-state index contributed by atoms with van der Waals surface area (Å²) in [7, 11) is 0. The first-order valence-corrected chi connectivity index (χ1v) is 3.77. The van der Waals surface area contributed by atoms with Gasteiger partial charge >= 0.3 is 5.97 Å². The van der Waals surface area contributed by atoms with E-state index < -0.39 is 5.97 Å². The summed E-state index contributed by atoms with van der Waals surface area (Å²) < 4.78 is 1.41. The van der Waals surface area contributed by atoms with Crippen molar-refractivity contribution in [2.24, 2.45) is 0 Å². The summed E-state index contributed by atoms with van der Waals surface area (Å²) in [5.74, 6) is -0.848. The molecular formula is C7H7N3O3. The summed E-state index contributed by atoms with van der Waals surface area (Å²) in [6, 6.07) is 1.03. The van der Waals surface area contributed by atoms with Crippen LogP contribution < -0.4 is 10.9 Å². The third kappa shape index (κ3) is 1.16. The second kappa shape index (κ2) is 2.58. The number of hydrogen-bond acceptors (Lipinski definition) is 4. The van der Waals surface area contributed by atoms with Crippen LogP contribution in [0.15, 0.2) is 10.9 Å².